The number of hydrogen-bond acceptors (Lipinski definition) is 5. The summed E-state index contributed by atoms with van der Waals surface area (Å²) in [6, 6.07) is 10.2. The molecule has 0 N–H and O–H groups in total. The minimum Gasteiger partial charge on any atom is -0.339 e. The number of carbonyl (C=O) groups excluding carboxylic acids is 1. The topological polar surface area (TPSA) is 84.5 Å². The molecule has 0 unspecified atom stereocenters. The minimum absolute atomic E-state index is 0.0113. The molecule has 0 saturated carbocycles. The number of nitrogens with zero attached hydrogens (tertiary/aromatic N) is 5. The Hall–Kier alpha value is -3.00. The smallest absolute Gasteiger partial charge is 0.312 e. The standard InChI is InChI=1S/C20H25N5O3/c1-16-20(25(27)28)17(2)24(21-16)15-19(26)23-13-11-22(12-14-23)10-6-9-18-7-4-3-5-8-18/h3-9H,10-15H2,1-2H3. The summed E-state index contributed by atoms with van der Waals surface area (Å²) in [5, 5.41) is 15.3. The lowest BCUT2D eigenvalue weighted by molar-refractivity contribution is -0.386. The molecule has 148 valence electrons. The molecule has 0 aliphatic carbocycles. The van der Waals surface area contributed by atoms with Crippen LogP contribution in [0.4, 0.5) is 5.69 Å². The van der Waals surface area contributed by atoms with E-state index in [4.69, 9.17) is 0 Å². The summed E-state index contributed by atoms with van der Waals surface area (Å²) in [5.41, 5.74) is 1.92. The molecule has 1 aliphatic heterocycles. The maximum absolute atomic E-state index is 12.6. The van der Waals surface area contributed by atoms with Gasteiger partial charge in [-0.2, -0.15) is 5.10 Å². The van der Waals surface area contributed by atoms with Crippen LogP contribution in [0.3, 0.4) is 0 Å². The fourth-order valence-electron chi connectivity index (χ4n) is 3.42. The first-order valence-corrected chi connectivity index (χ1v) is 9.36. The SMILES string of the molecule is Cc1nn(CC(=O)N2CCN(CC=Cc3ccccc3)CC2)c(C)c1[N+](=O)[O-]. The van der Waals surface area contributed by atoms with Gasteiger partial charge in [-0.05, 0) is 19.4 Å². The third kappa shape index (κ3) is 4.64. The van der Waals surface area contributed by atoms with Gasteiger partial charge >= 0.3 is 5.69 Å². The Kier molecular flexibility index (Phi) is 6.20. The number of rotatable bonds is 6. The maximum Gasteiger partial charge on any atom is 0.312 e. The molecular formula is C20H25N5O3. The fraction of sp³-hybridized carbons (Fsp3) is 0.400. The van der Waals surface area contributed by atoms with E-state index in [9.17, 15) is 14.9 Å². The summed E-state index contributed by atoms with van der Waals surface area (Å²) in [7, 11) is 0. The molecule has 1 aromatic heterocycles. The number of carbonyl (C=O) groups is 1. The number of piperazine rings is 1. The van der Waals surface area contributed by atoms with E-state index >= 15 is 0 Å². The quantitative estimate of drug-likeness (QED) is 0.564. The Morgan fingerprint density at radius 1 is 1.18 bits per heavy atom. The zero-order valence-electron chi connectivity index (χ0n) is 16.2. The third-order valence-corrected chi connectivity index (χ3v) is 5.01. The van der Waals surface area contributed by atoms with Crippen LogP contribution in [0.5, 0.6) is 0 Å². The molecule has 1 aromatic carbocycles. The monoisotopic (exact) mass is 383 g/mol. The number of amides is 1. The van der Waals surface area contributed by atoms with Crippen molar-refractivity contribution in [1.29, 1.82) is 0 Å². The predicted molar refractivity (Wildman–Crippen MR) is 107 cm³/mol. The first-order chi connectivity index (χ1) is 13.5. The van der Waals surface area contributed by atoms with E-state index in [0.717, 1.165) is 19.6 Å². The summed E-state index contributed by atoms with van der Waals surface area (Å²) in [6.45, 7) is 7.02. The molecule has 8 nitrogen and oxygen atoms in total. The molecular weight excluding hydrogens is 358 g/mol. The van der Waals surface area contributed by atoms with Crippen molar-refractivity contribution in [3.05, 3.63) is 63.5 Å². The predicted octanol–water partition coefficient (Wildman–Crippen LogP) is 2.27. The molecule has 2 aromatic rings. The van der Waals surface area contributed by atoms with Crippen molar-refractivity contribution in [1.82, 2.24) is 19.6 Å². The minimum atomic E-state index is -0.444. The van der Waals surface area contributed by atoms with Gasteiger partial charge in [0.05, 0.1) is 4.92 Å². The van der Waals surface area contributed by atoms with E-state index in [0.29, 0.717) is 24.5 Å². The van der Waals surface area contributed by atoms with Crippen LogP contribution in [0, 0.1) is 24.0 Å². The van der Waals surface area contributed by atoms with Gasteiger partial charge in [0.25, 0.3) is 0 Å². The van der Waals surface area contributed by atoms with E-state index in [1.54, 1.807) is 18.7 Å². The van der Waals surface area contributed by atoms with Crippen LogP contribution < -0.4 is 0 Å². The molecule has 0 spiro atoms. The van der Waals surface area contributed by atoms with Crippen LogP contribution in [0.15, 0.2) is 36.4 Å². The first kappa shape index (κ1) is 19.8. The Morgan fingerprint density at radius 2 is 1.86 bits per heavy atom. The number of aromatic nitrogens is 2. The second kappa shape index (κ2) is 8.79. The van der Waals surface area contributed by atoms with E-state index < -0.39 is 4.92 Å². The summed E-state index contributed by atoms with van der Waals surface area (Å²) in [5.74, 6) is -0.0556. The van der Waals surface area contributed by atoms with Gasteiger partial charge in [-0.1, -0.05) is 42.5 Å². The zero-order chi connectivity index (χ0) is 20.1. The van der Waals surface area contributed by atoms with Gasteiger partial charge in [-0.25, -0.2) is 0 Å². The molecule has 28 heavy (non-hydrogen) atoms. The Balaban J connectivity index is 1.49. The van der Waals surface area contributed by atoms with Gasteiger partial charge in [-0.15, -0.1) is 0 Å². The summed E-state index contributed by atoms with van der Waals surface area (Å²) in [4.78, 5) is 27.3. The van der Waals surface area contributed by atoms with Crippen molar-refractivity contribution in [2.24, 2.45) is 0 Å². The highest BCUT2D eigenvalue weighted by Crippen LogP contribution is 2.21. The summed E-state index contributed by atoms with van der Waals surface area (Å²) >= 11 is 0. The molecule has 0 bridgehead atoms. The normalized spacial score (nSPS) is 15.3. The summed E-state index contributed by atoms with van der Waals surface area (Å²) in [6.07, 6.45) is 4.25. The first-order valence-electron chi connectivity index (χ1n) is 9.36. The lowest BCUT2D eigenvalue weighted by atomic mass is 10.2. The van der Waals surface area contributed by atoms with Crippen LogP contribution in [0.1, 0.15) is 17.0 Å². The van der Waals surface area contributed by atoms with Gasteiger partial charge < -0.3 is 4.90 Å². The summed E-state index contributed by atoms with van der Waals surface area (Å²) < 4.78 is 1.44. The molecule has 0 radical (unpaired) electrons. The van der Waals surface area contributed by atoms with Crippen molar-refractivity contribution in [3.63, 3.8) is 0 Å². The highest BCUT2D eigenvalue weighted by molar-refractivity contribution is 5.76. The second-order valence-electron chi connectivity index (χ2n) is 6.93. The molecule has 2 heterocycles. The van der Waals surface area contributed by atoms with Crippen LogP contribution in [0.25, 0.3) is 6.08 Å². The number of nitro groups is 1. The van der Waals surface area contributed by atoms with Gasteiger partial charge in [0.15, 0.2) is 0 Å². The van der Waals surface area contributed by atoms with E-state index in [1.807, 2.05) is 18.2 Å². The molecule has 8 heteroatoms. The molecule has 1 fully saturated rings. The molecule has 1 amide bonds. The van der Waals surface area contributed by atoms with Crippen LogP contribution >= 0.6 is 0 Å². The third-order valence-electron chi connectivity index (χ3n) is 5.01. The zero-order valence-corrected chi connectivity index (χ0v) is 16.2. The average Bonchev–Trinajstić information content (AvgIpc) is 2.96. The Bertz CT molecular complexity index is 867. The Morgan fingerprint density at radius 3 is 2.46 bits per heavy atom. The van der Waals surface area contributed by atoms with E-state index in [-0.39, 0.29) is 18.1 Å². The van der Waals surface area contributed by atoms with Gasteiger partial charge in [0.1, 0.15) is 17.9 Å². The van der Waals surface area contributed by atoms with Crippen molar-refractivity contribution >= 4 is 17.7 Å². The van der Waals surface area contributed by atoms with E-state index in [2.05, 4.69) is 34.3 Å². The highest BCUT2D eigenvalue weighted by Gasteiger charge is 2.25. The van der Waals surface area contributed by atoms with Gasteiger partial charge in [0.2, 0.25) is 5.91 Å². The average molecular weight is 383 g/mol. The Labute approximate surface area is 164 Å². The fourth-order valence-corrected chi connectivity index (χ4v) is 3.42. The number of aryl methyl sites for hydroxylation is 1. The van der Waals surface area contributed by atoms with E-state index in [1.165, 1.54) is 10.2 Å². The van der Waals surface area contributed by atoms with Crippen molar-refractivity contribution < 1.29 is 9.72 Å². The lowest BCUT2D eigenvalue weighted by Crippen LogP contribution is -2.49. The van der Waals surface area contributed by atoms with Gasteiger partial charge in [0, 0.05) is 32.7 Å². The second-order valence-corrected chi connectivity index (χ2v) is 6.93. The highest BCUT2D eigenvalue weighted by atomic mass is 16.6. The van der Waals surface area contributed by atoms with Gasteiger partial charge in [-0.3, -0.25) is 24.5 Å². The van der Waals surface area contributed by atoms with Crippen LogP contribution in [0.2, 0.25) is 0 Å². The van der Waals surface area contributed by atoms with Crippen molar-refractivity contribution in [2.75, 3.05) is 32.7 Å². The molecule has 1 aliphatic rings. The largest absolute Gasteiger partial charge is 0.339 e. The van der Waals surface area contributed by atoms with Crippen molar-refractivity contribution in [3.8, 4) is 0 Å². The maximum atomic E-state index is 12.6. The molecule has 3 rings (SSSR count). The van der Waals surface area contributed by atoms with Crippen LogP contribution in [-0.2, 0) is 11.3 Å². The van der Waals surface area contributed by atoms with Crippen molar-refractivity contribution in [2.45, 2.75) is 20.4 Å². The lowest BCUT2D eigenvalue weighted by Gasteiger charge is -2.34. The van der Waals surface area contributed by atoms with Crippen LogP contribution in [-0.4, -0.2) is 63.1 Å². The number of hydrogen-bond donors (Lipinski definition) is 0. The molecule has 0 atom stereocenters. The number of benzene rings is 1. The molecule has 1 saturated heterocycles.